The molecule has 0 saturated heterocycles. The van der Waals surface area contributed by atoms with Crippen LogP contribution in [0, 0.1) is 6.92 Å². The van der Waals surface area contributed by atoms with E-state index in [0.717, 1.165) is 27.8 Å². The molecule has 0 unspecified atom stereocenters. The van der Waals surface area contributed by atoms with Crippen molar-refractivity contribution in [2.75, 3.05) is 24.9 Å². The Bertz CT molecular complexity index is 988. The van der Waals surface area contributed by atoms with Crippen molar-refractivity contribution in [1.29, 1.82) is 0 Å². The Morgan fingerprint density at radius 2 is 1.81 bits per heavy atom. The molecule has 2 aromatic carbocycles. The average Bonchev–Trinajstić information content (AvgIpc) is 2.69. The SMILES string of the molecule is CCC(=O)Nc1ccc(Nc2ncnc3cc(OC)c(OC)cc23)cc1C. The maximum atomic E-state index is 11.6. The summed E-state index contributed by atoms with van der Waals surface area (Å²) in [5.41, 5.74) is 3.36. The van der Waals surface area contributed by atoms with E-state index in [1.54, 1.807) is 14.2 Å². The van der Waals surface area contributed by atoms with E-state index in [0.29, 0.717) is 23.7 Å². The molecule has 1 amide bonds. The van der Waals surface area contributed by atoms with E-state index in [1.165, 1.54) is 6.33 Å². The molecule has 7 heteroatoms. The second-order valence-corrected chi connectivity index (χ2v) is 6.00. The van der Waals surface area contributed by atoms with Crippen LogP contribution in [0.5, 0.6) is 11.5 Å². The highest BCUT2D eigenvalue weighted by atomic mass is 16.5. The van der Waals surface area contributed by atoms with Gasteiger partial charge in [0.25, 0.3) is 0 Å². The normalized spacial score (nSPS) is 10.5. The summed E-state index contributed by atoms with van der Waals surface area (Å²) in [6.07, 6.45) is 1.94. The number of carbonyl (C=O) groups is 1. The van der Waals surface area contributed by atoms with Gasteiger partial charge in [-0.1, -0.05) is 6.92 Å². The zero-order valence-electron chi connectivity index (χ0n) is 15.8. The van der Waals surface area contributed by atoms with E-state index in [4.69, 9.17) is 9.47 Å². The van der Waals surface area contributed by atoms with Crippen molar-refractivity contribution in [1.82, 2.24) is 9.97 Å². The number of aryl methyl sites for hydroxylation is 1. The van der Waals surface area contributed by atoms with Gasteiger partial charge in [0, 0.05) is 29.2 Å². The second kappa shape index (κ2) is 7.90. The number of carbonyl (C=O) groups excluding carboxylic acids is 1. The molecule has 0 radical (unpaired) electrons. The summed E-state index contributed by atoms with van der Waals surface area (Å²) in [6.45, 7) is 3.77. The number of fused-ring (bicyclic) bond motifs is 1. The maximum Gasteiger partial charge on any atom is 0.224 e. The fraction of sp³-hybridized carbons (Fsp3) is 0.250. The number of amides is 1. The number of benzene rings is 2. The van der Waals surface area contributed by atoms with Gasteiger partial charge in [0.2, 0.25) is 5.91 Å². The van der Waals surface area contributed by atoms with Gasteiger partial charge >= 0.3 is 0 Å². The number of nitrogens with one attached hydrogen (secondary N) is 2. The molecule has 140 valence electrons. The molecule has 0 fully saturated rings. The van der Waals surface area contributed by atoms with Crippen molar-refractivity contribution >= 4 is 34.0 Å². The van der Waals surface area contributed by atoms with Crippen LogP contribution in [-0.4, -0.2) is 30.1 Å². The zero-order chi connectivity index (χ0) is 19.4. The Morgan fingerprint density at radius 1 is 1.07 bits per heavy atom. The number of ether oxygens (including phenoxy) is 2. The van der Waals surface area contributed by atoms with Gasteiger partial charge in [-0.25, -0.2) is 9.97 Å². The highest BCUT2D eigenvalue weighted by molar-refractivity contribution is 5.94. The number of rotatable bonds is 6. The van der Waals surface area contributed by atoms with Crippen LogP contribution < -0.4 is 20.1 Å². The lowest BCUT2D eigenvalue weighted by molar-refractivity contribution is -0.115. The van der Waals surface area contributed by atoms with Crippen LogP contribution in [0.25, 0.3) is 10.9 Å². The number of nitrogens with zero attached hydrogens (tertiary/aromatic N) is 2. The van der Waals surface area contributed by atoms with Crippen molar-refractivity contribution < 1.29 is 14.3 Å². The van der Waals surface area contributed by atoms with Crippen LogP contribution in [0.3, 0.4) is 0 Å². The third-order valence-electron chi connectivity index (χ3n) is 4.22. The first-order valence-electron chi connectivity index (χ1n) is 8.60. The number of aromatic nitrogens is 2. The molecule has 0 spiro atoms. The molecular weight excluding hydrogens is 344 g/mol. The minimum absolute atomic E-state index is 0.0124. The van der Waals surface area contributed by atoms with Gasteiger partial charge in [-0.15, -0.1) is 0 Å². The smallest absolute Gasteiger partial charge is 0.224 e. The predicted octanol–water partition coefficient (Wildman–Crippen LogP) is 4.05. The molecule has 27 heavy (non-hydrogen) atoms. The summed E-state index contributed by atoms with van der Waals surface area (Å²) in [5, 5.41) is 7.01. The number of hydrogen-bond acceptors (Lipinski definition) is 6. The van der Waals surface area contributed by atoms with Crippen molar-refractivity contribution in [3.63, 3.8) is 0 Å². The zero-order valence-corrected chi connectivity index (χ0v) is 15.8. The van der Waals surface area contributed by atoms with Crippen molar-refractivity contribution in [3.05, 3.63) is 42.2 Å². The maximum absolute atomic E-state index is 11.6. The molecule has 1 heterocycles. The quantitative estimate of drug-likeness (QED) is 0.685. The highest BCUT2D eigenvalue weighted by Gasteiger charge is 2.11. The fourth-order valence-electron chi connectivity index (χ4n) is 2.74. The van der Waals surface area contributed by atoms with E-state index in [1.807, 2.05) is 44.2 Å². The molecule has 2 N–H and O–H groups in total. The van der Waals surface area contributed by atoms with Gasteiger partial charge in [0.05, 0.1) is 19.7 Å². The lowest BCUT2D eigenvalue weighted by Crippen LogP contribution is -2.10. The van der Waals surface area contributed by atoms with E-state index in [-0.39, 0.29) is 5.91 Å². The van der Waals surface area contributed by atoms with E-state index in [2.05, 4.69) is 20.6 Å². The Kier molecular flexibility index (Phi) is 5.40. The summed E-state index contributed by atoms with van der Waals surface area (Å²) < 4.78 is 10.7. The van der Waals surface area contributed by atoms with Gasteiger partial charge in [0.15, 0.2) is 11.5 Å². The Balaban J connectivity index is 1.94. The van der Waals surface area contributed by atoms with E-state index in [9.17, 15) is 4.79 Å². The molecule has 3 rings (SSSR count). The Hall–Kier alpha value is -3.35. The Labute approximate surface area is 157 Å². The van der Waals surface area contributed by atoms with Crippen LogP contribution in [0.15, 0.2) is 36.7 Å². The summed E-state index contributed by atoms with van der Waals surface area (Å²) in [7, 11) is 3.18. The van der Waals surface area contributed by atoms with E-state index < -0.39 is 0 Å². The first-order valence-corrected chi connectivity index (χ1v) is 8.60. The molecule has 0 atom stereocenters. The van der Waals surface area contributed by atoms with Gasteiger partial charge in [-0.3, -0.25) is 4.79 Å². The van der Waals surface area contributed by atoms with Crippen LogP contribution in [-0.2, 0) is 4.79 Å². The van der Waals surface area contributed by atoms with Crippen LogP contribution in [0.2, 0.25) is 0 Å². The average molecular weight is 366 g/mol. The summed E-state index contributed by atoms with van der Waals surface area (Å²) >= 11 is 0. The molecule has 7 nitrogen and oxygen atoms in total. The van der Waals surface area contributed by atoms with Gasteiger partial charge < -0.3 is 20.1 Å². The molecule has 1 aromatic heterocycles. The first kappa shape index (κ1) is 18.4. The Morgan fingerprint density at radius 3 is 2.48 bits per heavy atom. The van der Waals surface area contributed by atoms with Gasteiger partial charge in [-0.2, -0.15) is 0 Å². The largest absolute Gasteiger partial charge is 0.493 e. The van der Waals surface area contributed by atoms with Crippen molar-refractivity contribution in [2.24, 2.45) is 0 Å². The molecular formula is C20H22N4O3. The minimum atomic E-state index is -0.0124. The fourth-order valence-corrected chi connectivity index (χ4v) is 2.74. The monoisotopic (exact) mass is 366 g/mol. The third kappa shape index (κ3) is 3.92. The number of anilines is 3. The van der Waals surface area contributed by atoms with Crippen LogP contribution in [0.4, 0.5) is 17.2 Å². The number of methoxy groups -OCH3 is 2. The number of hydrogen-bond donors (Lipinski definition) is 2. The van der Waals surface area contributed by atoms with Crippen LogP contribution >= 0.6 is 0 Å². The van der Waals surface area contributed by atoms with Crippen molar-refractivity contribution in [2.45, 2.75) is 20.3 Å². The standard InChI is InChI=1S/C20H22N4O3/c1-5-19(25)24-15-7-6-13(8-12(15)2)23-20-14-9-17(26-3)18(27-4)10-16(14)21-11-22-20/h6-11H,5H2,1-4H3,(H,24,25)(H,21,22,23). The highest BCUT2D eigenvalue weighted by Crippen LogP contribution is 2.34. The van der Waals surface area contributed by atoms with Crippen LogP contribution in [0.1, 0.15) is 18.9 Å². The summed E-state index contributed by atoms with van der Waals surface area (Å²) in [5.74, 6) is 1.87. The third-order valence-corrected chi connectivity index (χ3v) is 4.22. The lowest BCUT2D eigenvalue weighted by atomic mass is 10.1. The summed E-state index contributed by atoms with van der Waals surface area (Å²) in [4.78, 5) is 20.3. The summed E-state index contributed by atoms with van der Waals surface area (Å²) in [6, 6.07) is 9.39. The minimum Gasteiger partial charge on any atom is -0.493 e. The molecule has 0 aliphatic heterocycles. The van der Waals surface area contributed by atoms with Gasteiger partial charge in [0.1, 0.15) is 12.1 Å². The van der Waals surface area contributed by atoms with E-state index >= 15 is 0 Å². The molecule has 0 aliphatic rings. The second-order valence-electron chi connectivity index (χ2n) is 6.00. The lowest BCUT2D eigenvalue weighted by Gasteiger charge is -2.13. The predicted molar refractivity (Wildman–Crippen MR) is 106 cm³/mol. The molecule has 0 bridgehead atoms. The van der Waals surface area contributed by atoms with Gasteiger partial charge in [-0.05, 0) is 36.8 Å². The first-order chi connectivity index (χ1) is 13.0. The van der Waals surface area contributed by atoms with Crippen molar-refractivity contribution in [3.8, 4) is 11.5 Å². The molecule has 0 aliphatic carbocycles. The molecule has 3 aromatic rings. The topological polar surface area (TPSA) is 85.4 Å². The molecule has 0 saturated carbocycles.